The Morgan fingerprint density at radius 1 is 1.44 bits per heavy atom. The fourth-order valence-corrected chi connectivity index (χ4v) is 1.12. The standard InChI is InChI=1S/C11H15NO4/c1-16-10-4-2-8(3-5-10)11(15)12-6-9(14)7-13/h2-5,9,13-14H,6-7H2,1H3,(H,12,15)/t9-/m0/s1. The van der Waals surface area contributed by atoms with Crippen LogP contribution in [0.15, 0.2) is 24.3 Å². The number of amides is 1. The molecular weight excluding hydrogens is 210 g/mol. The summed E-state index contributed by atoms with van der Waals surface area (Å²) in [6.45, 7) is -0.343. The second kappa shape index (κ2) is 6.09. The summed E-state index contributed by atoms with van der Waals surface area (Å²) in [5.74, 6) is 0.377. The zero-order chi connectivity index (χ0) is 12.0. The number of nitrogens with one attached hydrogen (secondary N) is 1. The molecule has 0 aliphatic rings. The number of aliphatic hydroxyl groups is 2. The molecule has 3 N–H and O–H groups in total. The van der Waals surface area contributed by atoms with E-state index < -0.39 is 6.10 Å². The normalized spacial score (nSPS) is 11.9. The number of ether oxygens (including phenoxy) is 1. The minimum Gasteiger partial charge on any atom is -0.497 e. The Morgan fingerprint density at radius 3 is 2.56 bits per heavy atom. The summed E-state index contributed by atoms with van der Waals surface area (Å²) in [6.07, 6.45) is -0.929. The van der Waals surface area contributed by atoms with Crippen molar-refractivity contribution in [2.24, 2.45) is 0 Å². The minimum absolute atomic E-state index is 0.0291. The molecule has 0 saturated carbocycles. The molecule has 1 atom stereocenters. The van der Waals surface area contributed by atoms with Crippen molar-refractivity contribution >= 4 is 5.91 Å². The lowest BCUT2D eigenvalue weighted by atomic mass is 10.2. The Hall–Kier alpha value is -1.59. The van der Waals surface area contributed by atoms with E-state index in [0.29, 0.717) is 11.3 Å². The molecule has 0 bridgehead atoms. The number of methoxy groups -OCH3 is 1. The molecule has 0 aromatic heterocycles. The predicted molar refractivity (Wildman–Crippen MR) is 58.4 cm³/mol. The van der Waals surface area contributed by atoms with Crippen molar-refractivity contribution in [1.29, 1.82) is 0 Å². The third kappa shape index (κ3) is 3.52. The molecule has 0 aliphatic heterocycles. The molecule has 0 spiro atoms. The second-order valence-corrected chi connectivity index (χ2v) is 3.27. The minimum atomic E-state index is -0.929. The van der Waals surface area contributed by atoms with Gasteiger partial charge >= 0.3 is 0 Å². The Labute approximate surface area is 93.7 Å². The van der Waals surface area contributed by atoms with Gasteiger partial charge in [0.25, 0.3) is 5.91 Å². The molecule has 5 heteroatoms. The summed E-state index contributed by atoms with van der Waals surface area (Å²) in [5.41, 5.74) is 0.478. The summed E-state index contributed by atoms with van der Waals surface area (Å²) in [6, 6.07) is 6.60. The van der Waals surface area contributed by atoms with E-state index in [0.717, 1.165) is 0 Å². The van der Waals surface area contributed by atoms with Crippen molar-refractivity contribution in [3.05, 3.63) is 29.8 Å². The number of hydrogen-bond donors (Lipinski definition) is 3. The van der Waals surface area contributed by atoms with Gasteiger partial charge in [-0.05, 0) is 24.3 Å². The van der Waals surface area contributed by atoms with Crippen LogP contribution in [-0.4, -0.2) is 42.5 Å². The number of aliphatic hydroxyl groups excluding tert-OH is 2. The molecular formula is C11H15NO4. The van der Waals surface area contributed by atoms with Crippen LogP contribution < -0.4 is 10.1 Å². The lowest BCUT2D eigenvalue weighted by molar-refractivity contribution is 0.0802. The van der Waals surface area contributed by atoms with Gasteiger partial charge in [0.05, 0.1) is 19.8 Å². The fraction of sp³-hybridized carbons (Fsp3) is 0.364. The van der Waals surface area contributed by atoms with Gasteiger partial charge in [0.2, 0.25) is 0 Å². The average molecular weight is 225 g/mol. The number of benzene rings is 1. The summed E-state index contributed by atoms with van der Waals surface area (Å²) in [5, 5.41) is 20.1. The van der Waals surface area contributed by atoms with Crippen LogP contribution in [-0.2, 0) is 0 Å². The predicted octanol–water partition coefficient (Wildman–Crippen LogP) is -0.222. The summed E-state index contributed by atoms with van der Waals surface area (Å²) >= 11 is 0. The zero-order valence-electron chi connectivity index (χ0n) is 9.01. The maximum Gasteiger partial charge on any atom is 0.251 e. The quantitative estimate of drug-likeness (QED) is 0.647. The van der Waals surface area contributed by atoms with E-state index >= 15 is 0 Å². The SMILES string of the molecule is COc1ccc(C(=O)NC[C@H](O)CO)cc1. The Balaban J connectivity index is 2.52. The fourth-order valence-electron chi connectivity index (χ4n) is 1.12. The monoisotopic (exact) mass is 225 g/mol. The van der Waals surface area contributed by atoms with Crippen LogP contribution in [0, 0.1) is 0 Å². The van der Waals surface area contributed by atoms with E-state index in [-0.39, 0.29) is 19.1 Å². The highest BCUT2D eigenvalue weighted by Gasteiger charge is 2.07. The molecule has 1 aromatic carbocycles. The summed E-state index contributed by atoms with van der Waals surface area (Å²) < 4.78 is 4.96. The van der Waals surface area contributed by atoms with Gasteiger partial charge in [-0.3, -0.25) is 4.79 Å². The van der Waals surface area contributed by atoms with Crippen molar-refractivity contribution in [2.45, 2.75) is 6.10 Å². The van der Waals surface area contributed by atoms with Crippen LogP contribution in [0.5, 0.6) is 5.75 Å². The van der Waals surface area contributed by atoms with E-state index in [2.05, 4.69) is 5.32 Å². The van der Waals surface area contributed by atoms with Gasteiger partial charge in [-0.25, -0.2) is 0 Å². The molecule has 0 unspecified atom stereocenters. The highest BCUT2D eigenvalue weighted by molar-refractivity contribution is 5.94. The van der Waals surface area contributed by atoms with Gasteiger partial charge in [0.15, 0.2) is 0 Å². The van der Waals surface area contributed by atoms with Gasteiger partial charge in [-0.1, -0.05) is 0 Å². The highest BCUT2D eigenvalue weighted by Crippen LogP contribution is 2.10. The first-order valence-electron chi connectivity index (χ1n) is 4.88. The molecule has 16 heavy (non-hydrogen) atoms. The third-order valence-corrected chi connectivity index (χ3v) is 2.06. The first-order valence-corrected chi connectivity index (χ1v) is 4.88. The van der Waals surface area contributed by atoms with Gasteiger partial charge in [0.1, 0.15) is 5.75 Å². The van der Waals surface area contributed by atoms with Gasteiger partial charge < -0.3 is 20.3 Å². The van der Waals surface area contributed by atoms with Crippen LogP contribution in [0.25, 0.3) is 0 Å². The first kappa shape index (κ1) is 12.5. The number of carbonyl (C=O) groups is 1. The number of hydrogen-bond acceptors (Lipinski definition) is 4. The van der Waals surface area contributed by atoms with Crippen LogP contribution >= 0.6 is 0 Å². The second-order valence-electron chi connectivity index (χ2n) is 3.27. The van der Waals surface area contributed by atoms with Crippen molar-refractivity contribution in [1.82, 2.24) is 5.32 Å². The van der Waals surface area contributed by atoms with Gasteiger partial charge in [-0.2, -0.15) is 0 Å². The Kier molecular flexibility index (Phi) is 4.75. The molecule has 1 aromatic rings. The van der Waals surface area contributed by atoms with Gasteiger partial charge in [0, 0.05) is 12.1 Å². The van der Waals surface area contributed by atoms with E-state index in [1.54, 1.807) is 31.4 Å². The molecule has 0 fully saturated rings. The van der Waals surface area contributed by atoms with E-state index in [1.165, 1.54) is 0 Å². The Bertz CT molecular complexity index is 336. The van der Waals surface area contributed by atoms with Crippen molar-refractivity contribution < 1.29 is 19.7 Å². The van der Waals surface area contributed by atoms with Gasteiger partial charge in [-0.15, -0.1) is 0 Å². The molecule has 1 rings (SSSR count). The van der Waals surface area contributed by atoms with Crippen LogP contribution in [0.4, 0.5) is 0 Å². The first-order chi connectivity index (χ1) is 7.67. The van der Waals surface area contributed by atoms with Crippen LogP contribution in [0.3, 0.4) is 0 Å². The van der Waals surface area contributed by atoms with E-state index in [9.17, 15) is 4.79 Å². The molecule has 0 radical (unpaired) electrons. The molecule has 0 aliphatic carbocycles. The largest absolute Gasteiger partial charge is 0.497 e. The molecule has 0 saturated heterocycles. The average Bonchev–Trinajstić information content (AvgIpc) is 2.35. The van der Waals surface area contributed by atoms with Crippen LogP contribution in [0.2, 0.25) is 0 Å². The third-order valence-electron chi connectivity index (χ3n) is 2.06. The van der Waals surface area contributed by atoms with E-state index in [4.69, 9.17) is 14.9 Å². The van der Waals surface area contributed by atoms with Crippen LogP contribution in [0.1, 0.15) is 10.4 Å². The lowest BCUT2D eigenvalue weighted by Crippen LogP contribution is -2.33. The van der Waals surface area contributed by atoms with Crippen molar-refractivity contribution in [2.75, 3.05) is 20.3 Å². The van der Waals surface area contributed by atoms with E-state index in [1.807, 2.05) is 0 Å². The highest BCUT2D eigenvalue weighted by atomic mass is 16.5. The molecule has 1 amide bonds. The van der Waals surface area contributed by atoms with Crippen molar-refractivity contribution in [3.63, 3.8) is 0 Å². The molecule has 5 nitrogen and oxygen atoms in total. The summed E-state index contributed by atoms with van der Waals surface area (Å²) in [4.78, 5) is 11.5. The molecule has 88 valence electrons. The maximum absolute atomic E-state index is 11.5. The topological polar surface area (TPSA) is 78.8 Å². The smallest absolute Gasteiger partial charge is 0.251 e. The van der Waals surface area contributed by atoms with Crippen molar-refractivity contribution in [3.8, 4) is 5.75 Å². The Morgan fingerprint density at radius 2 is 2.06 bits per heavy atom. The zero-order valence-corrected chi connectivity index (χ0v) is 9.01. The molecule has 0 heterocycles. The summed E-state index contributed by atoms with van der Waals surface area (Å²) in [7, 11) is 1.55. The lowest BCUT2D eigenvalue weighted by Gasteiger charge is -2.09. The number of rotatable bonds is 5. The number of carbonyl (C=O) groups excluding carboxylic acids is 1. The maximum atomic E-state index is 11.5.